The molecule has 0 bridgehead atoms. The van der Waals surface area contributed by atoms with E-state index in [0.717, 1.165) is 22.6 Å². The van der Waals surface area contributed by atoms with E-state index in [1.165, 1.54) is 61.7 Å². The van der Waals surface area contributed by atoms with Gasteiger partial charge in [-0.25, -0.2) is 4.39 Å². The number of hydrogen-bond acceptors (Lipinski definition) is 2. The number of fused-ring (bicyclic) bond motifs is 6. The quantitative estimate of drug-likeness (QED) is 0.171. The second-order valence-corrected chi connectivity index (χ2v) is 15.3. The van der Waals surface area contributed by atoms with E-state index in [0.29, 0.717) is 11.1 Å². The van der Waals surface area contributed by atoms with Crippen molar-refractivity contribution in [2.24, 2.45) is 0 Å². The highest BCUT2D eigenvalue weighted by atomic mass is 19.1. The van der Waals surface area contributed by atoms with Crippen molar-refractivity contribution in [1.82, 2.24) is 0 Å². The largest absolute Gasteiger partial charge is 0.310 e. The van der Waals surface area contributed by atoms with Gasteiger partial charge in [-0.2, -0.15) is 5.26 Å². The summed E-state index contributed by atoms with van der Waals surface area (Å²) in [5.41, 5.74) is 16.3. The molecule has 0 aromatic heterocycles. The van der Waals surface area contributed by atoms with E-state index in [-0.39, 0.29) is 5.41 Å². The Morgan fingerprint density at radius 3 is 1.73 bits per heavy atom. The van der Waals surface area contributed by atoms with Crippen molar-refractivity contribution < 1.29 is 4.39 Å². The first-order valence-electron chi connectivity index (χ1n) is 19.1. The molecule has 0 amide bonds. The summed E-state index contributed by atoms with van der Waals surface area (Å²) in [7, 11) is 0. The molecule has 2 nitrogen and oxygen atoms in total. The third-order valence-corrected chi connectivity index (χ3v) is 12.1. The molecule has 0 spiro atoms. The van der Waals surface area contributed by atoms with Crippen molar-refractivity contribution in [3.05, 3.63) is 233 Å². The average Bonchev–Trinajstić information content (AvgIpc) is 3.68. The van der Waals surface area contributed by atoms with Crippen LogP contribution in [0.25, 0.3) is 33.4 Å². The zero-order chi connectivity index (χ0) is 38.0. The van der Waals surface area contributed by atoms with Crippen LogP contribution >= 0.6 is 0 Å². The standard InChI is InChI=1S/C53H37FN2/c1-52(2)45-20-11-9-18-42(45)43-31-29-40(33-48(43)52)56(39-27-25-36(26-28-39)41-30-24-35(34-55)32-49(41)54)50-23-13-22-47-51(50)44-19-10-12-21-46(44)53(47,37-14-5-3-6-15-37)38-16-7-4-8-17-38/h3-33H,1-2H3. The van der Waals surface area contributed by atoms with Crippen molar-refractivity contribution in [2.75, 3.05) is 4.90 Å². The van der Waals surface area contributed by atoms with Gasteiger partial charge in [0.1, 0.15) is 5.82 Å². The summed E-state index contributed by atoms with van der Waals surface area (Å²) in [6.07, 6.45) is 0. The van der Waals surface area contributed by atoms with Gasteiger partial charge in [0.15, 0.2) is 0 Å². The Labute approximate surface area is 327 Å². The first kappa shape index (κ1) is 33.5. The second-order valence-electron chi connectivity index (χ2n) is 15.3. The topological polar surface area (TPSA) is 27.0 Å². The fourth-order valence-electron chi connectivity index (χ4n) is 9.53. The molecule has 3 heteroatoms. The smallest absolute Gasteiger partial charge is 0.132 e. The van der Waals surface area contributed by atoms with Crippen molar-refractivity contribution in [3.63, 3.8) is 0 Å². The van der Waals surface area contributed by atoms with Crippen LogP contribution in [0.1, 0.15) is 52.8 Å². The Bertz CT molecular complexity index is 2810. The molecule has 8 aromatic rings. The second kappa shape index (κ2) is 12.8. The molecule has 0 atom stereocenters. The van der Waals surface area contributed by atoms with Gasteiger partial charge in [0.2, 0.25) is 0 Å². The van der Waals surface area contributed by atoms with Crippen molar-refractivity contribution in [1.29, 1.82) is 5.26 Å². The first-order valence-corrected chi connectivity index (χ1v) is 19.1. The Morgan fingerprint density at radius 1 is 0.482 bits per heavy atom. The molecule has 266 valence electrons. The van der Waals surface area contributed by atoms with Crippen molar-refractivity contribution in [3.8, 4) is 39.4 Å². The molecule has 0 unspecified atom stereocenters. The number of rotatable bonds is 6. The fourth-order valence-corrected chi connectivity index (χ4v) is 9.53. The lowest BCUT2D eigenvalue weighted by molar-refractivity contribution is 0.631. The fraction of sp³-hybridized carbons (Fsp3) is 0.0755. The SMILES string of the molecule is CC1(C)c2ccccc2-c2ccc(N(c3ccc(-c4ccc(C#N)cc4F)cc3)c3cccc4c3-c3ccccc3C4(c3ccccc3)c3ccccc3)cc21. The summed E-state index contributed by atoms with van der Waals surface area (Å²) in [5, 5.41) is 9.35. The molecule has 10 rings (SSSR count). The van der Waals surface area contributed by atoms with Crippen molar-refractivity contribution in [2.45, 2.75) is 24.7 Å². The van der Waals surface area contributed by atoms with E-state index in [4.69, 9.17) is 0 Å². The van der Waals surface area contributed by atoms with E-state index in [1.807, 2.05) is 18.2 Å². The van der Waals surface area contributed by atoms with Crippen LogP contribution in [0, 0.1) is 17.1 Å². The monoisotopic (exact) mass is 720 g/mol. The highest BCUT2D eigenvalue weighted by Gasteiger charge is 2.47. The first-order chi connectivity index (χ1) is 27.4. The van der Waals surface area contributed by atoms with Gasteiger partial charge in [-0.15, -0.1) is 0 Å². The minimum absolute atomic E-state index is 0.189. The summed E-state index contributed by atoms with van der Waals surface area (Å²) >= 11 is 0. The highest BCUT2D eigenvalue weighted by molar-refractivity contribution is 5.98. The summed E-state index contributed by atoms with van der Waals surface area (Å²) in [5.74, 6) is -0.412. The number of anilines is 3. The van der Waals surface area contributed by atoms with E-state index >= 15 is 4.39 Å². The van der Waals surface area contributed by atoms with Crippen molar-refractivity contribution >= 4 is 17.1 Å². The molecule has 0 saturated heterocycles. The van der Waals surface area contributed by atoms with Gasteiger partial charge in [-0.3, -0.25) is 0 Å². The molecule has 2 aliphatic carbocycles. The maximum atomic E-state index is 15.3. The third kappa shape index (κ3) is 4.86. The zero-order valence-corrected chi connectivity index (χ0v) is 31.2. The number of hydrogen-bond donors (Lipinski definition) is 0. The molecular formula is C53H37FN2. The summed E-state index contributed by atoms with van der Waals surface area (Å²) in [6.45, 7) is 4.63. The average molecular weight is 721 g/mol. The lowest BCUT2D eigenvalue weighted by atomic mass is 9.68. The number of nitrogens with zero attached hydrogens (tertiary/aromatic N) is 2. The van der Waals surface area contributed by atoms with Gasteiger partial charge in [0, 0.05) is 27.9 Å². The van der Waals surface area contributed by atoms with Gasteiger partial charge in [0.25, 0.3) is 0 Å². The molecule has 0 aliphatic heterocycles. The van der Waals surface area contributed by atoms with Crippen LogP contribution in [-0.2, 0) is 10.8 Å². The third-order valence-electron chi connectivity index (χ3n) is 12.1. The molecule has 0 fully saturated rings. The molecule has 0 radical (unpaired) electrons. The highest BCUT2D eigenvalue weighted by Crippen LogP contribution is 2.60. The summed E-state index contributed by atoms with van der Waals surface area (Å²) in [4.78, 5) is 2.37. The summed E-state index contributed by atoms with van der Waals surface area (Å²) < 4.78 is 15.3. The van der Waals surface area contributed by atoms with Gasteiger partial charge >= 0.3 is 0 Å². The van der Waals surface area contributed by atoms with E-state index < -0.39 is 11.2 Å². The molecule has 56 heavy (non-hydrogen) atoms. The molecule has 0 heterocycles. The minimum atomic E-state index is -0.547. The van der Waals surface area contributed by atoms with Crippen LogP contribution in [0.5, 0.6) is 0 Å². The number of benzene rings is 8. The van der Waals surface area contributed by atoms with Crippen LogP contribution in [-0.4, -0.2) is 0 Å². The lowest BCUT2D eigenvalue weighted by Crippen LogP contribution is -2.28. The Balaban J connectivity index is 1.23. The van der Waals surface area contributed by atoms with Crippen LogP contribution in [0.4, 0.5) is 21.5 Å². The number of nitriles is 1. The van der Waals surface area contributed by atoms with Crippen LogP contribution < -0.4 is 4.90 Å². The predicted molar refractivity (Wildman–Crippen MR) is 226 cm³/mol. The maximum absolute atomic E-state index is 15.3. The van der Waals surface area contributed by atoms with Crippen LogP contribution in [0.3, 0.4) is 0 Å². The Kier molecular flexibility index (Phi) is 7.66. The van der Waals surface area contributed by atoms with Gasteiger partial charge < -0.3 is 4.90 Å². The van der Waals surface area contributed by atoms with E-state index in [9.17, 15) is 5.26 Å². The van der Waals surface area contributed by atoms with E-state index in [2.05, 4.69) is 176 Å². The molecular weight excluding hydrogens is 684 g/mol. The summed E-state index contributed by atoms with van der Waals surface area (Å²) in [6, 6.07) is 67.8. The zero-order valence-electron chi connectivity index (χ0n) is 31.2. The van der Waals surface area contributed by atoms with Gasteiger partial charge in [-0.1, -0.05) is 159 Å². The lowest BCUT2D eigenvalue weighted by Gasteiger charge is -2.34. The Morgan fingerprint density at radius 2 is 1.05 bits per heavy atom. The number of halogens is 1. The Hall–Kier alpha value is -7.02. The molecule has 0 saturated carbocycles. The van der Waals surface area contributed by atoms with E-state index in [1.54, 1.807) is 12.1 Å². The normalized spacial score (nSPS) is 13.9. The minimum Gasteiger partial charge on any atom is -0.310 e. The maximum Gasteiger partial charge on any atom is 0.132 e. The molecule has 2 aliphatic rings. The van der Waals surface area contributed by atoms with Crippen LogP contribution in [0.2, 0.25) is 0 Å². The van der Waals surface area contributed by atoms with Gasteiger partial charge in [-0.05, 0) is 98.1 Å². The van der Waals surface area contributed by atoms with Crippen LogP contribution in [0.15, 0.2) is 188 Å². The molecule has 8 aromatic carbocycles. The predicted octanol–water partition coefficient (Wildman–Crippen LogP) is 13.5. The van der Waals surface area contributed by atoms with Gasteiger partial charge in [0.05, 0.1) is 22.7 Å². The molecule has 0 N–H and O–H groups in total.